The van der Waals surface area contributed by atoms with Crippen molar-refractivity contribution in [1.82, 2.24) is 0 Å². The lowest BCUT2D eigenvalue weighted by Crippen LogP contribution is -2.49. The number of benzene rings is 1. The summed E-state index contributed by atoms with van der Waals surface area (Å²) in [4.78, 5) is 12.4. The van der Waals surface area contributed by atoms with Gasteiger partial charge in [0, 0.05) is 12.0 Å². The molecule has 3 rings (SSSR count). The number of phenols is 1. The van der Waals surface area contributed by atoms with Crippen molar-refractivity contribution in [1.29, 1.82) is 0 Å². The van der Waals surface area contributed by atoms with Gasteiger partial charge in [-0.25, -0.2) is 4.79 Å². The SMILES string of the molecule is CC.CC(C)=CCOC(C)(C)C1C[C@H](OC(=O)/C=C/c2cc(C)cc(O)c2)CCC12CO2. The Labute approximate surface area is 193 Å². The Morgan fingerprint density at radius 1 is 1.28 bits per heavy atom. The summed E-state index contributed by atoms with van der Waals surface area (Å²) < 4.78 is 17.8. The molecule has 1 aromatic rings. The van der Waals surface area contributed by atoms with Gasteiger partial charge >= 0.3 is 5.97 Å². The van der Waals surface area contributed by atoms with E-state index in [2.05, 4.69) is 33.8 Å². The first kappa shape index (κ1) is 26.1. The second kappa shape index (κ2) is 11.2. The minimum atomic E-state index is -0.373. The average Bonchev–Trinajstić information content (AvgIpc) is 3.48. The predicted octanol–water partition coefficient (Wildman–Crippen LogP) is 5.98. The van der Waals surface area contributed by atoms with E-state index >= 15 is 0 Å². The lowest BCUT2D eigenvalue weighted by atomic mass is 9.70. The summed E-state index contributed by atoms with van der Waals surface area (Å²) in [5, 5.41) is 9.70. The first-order chi connectivity index (χ1) is 15.1. The van der Waals surface area contributed by atoms with Crippen LogP contribution in [0, 0.1) is 12.8 Å². The number of esters is 1. The van der Waals surface area contributed by atoms with Crippen LogP contribution in [0.4, 0.5) is 0 Å². The number of ether oxygens (including phenoxy) is 3. The van der Waals surface area contributed by atoms with Gasteiger partial charge in [0.1, 0.15) is 11.9 Å². The molecule has 5 nitrogen and oxygen atoms in total. The Hall–Kier alpha value is -2.11. The Kier molecular flexibility index (Phi) is 9.11. The quantitative estimate of drug-likeness (QED) is 0.242. The van der Waals surface area contributed by atoms with Gasteiger partial charge in [0.2, 0.25) is 0 Å². The molecule has 1 saturated heterocycles. The molecule has 1 aliphatic heterocycles. The molecule has 1 aliphatic carbocycles. The summed E-state index contributed by atoms with van der Waals surface area (Å²) in [5.41, 5.74) is 2.43. The maximum absolute atomic E-state index is 12.4. The highest BCUT2D eigenvalue weighted by Crippen LogP contribution is 2.51. The molecule has 2 unspecified atom stereocenters. The van der Waals surface area contributed by atoms with Gasteiger partial charge in [0.15, 0.2) is 0 Å². The first-order valence-corrected chi connectivity index (χ1v) is 11.7. The largest absolute Gasteiger partial charge is 0.508 e. The number of epoxide rings is 1. The third-order valence-electron chi connectivity index (χ3n) is 6.10. The normalized spacial score (nSPS) is 24.6. The van der Waals surface area contributed by atoms with Crippen molar-refractivity contribution in [3.8, 4) is 5.75 Å². The highest BCUT2D eigenvalue weighted by molar-refractivity contribution is 5.87. The molecule has 0 amide bonds. The second-order valence-corrected chi connectivity index (χ2v) is 9.37. The lowest BCUT2D eigenvalue weighted by Gasteiger charge is -2.43. The van der Waals surface area contributed by atoms with Gasteiger partial charge in [0.25, 0.3) is 0 Å². The standard InChI is InChI=1S/C25H34O5.C2H6/c1-17(2)9-11-28-24(4,5)22-15-21(8-10-25(22)16-29-25)30-23(27)7-6-19-12-18(3)13-20(26)14-19;1-2/h6-7,9,12-14,21-22,26H,8,10-11,15-16H2,1-5H3;1-2H3/b7-6+;/t21-,22?,25?;/m1./s1. The van der Waals surface area contributed by atoms with Crippen molar-refractivity contribution >= 4 is 12.0 Å². The van der Waals surface area contributed by atoms with Gasteiger partial charge in [-0.05, 0) is 83.2 Å². The maximum atomic E-state index is 12.4. The van der Waals surface area contributed by atoms with Gasteiger partial charge in [0.05, 0.1) is 24.4 Å². The topological polar surface area (TPSA) is 68.3 Å². The zero-order valence-electron chi connectivity index (χ0n) is 20.7. The van der Waals surface area contributed by atoms with Gasteiger partial charge < -0.3 is 19.3 Å². The summed E-state index contributed by atoms with van der Waals surface area (Å²) >= 11 is 0. The van der Waals surface area contributed by atoms with Crippen LogP contribution in [-0.2, 0) is 19.0 Å². The van der Waals surface area contributed by atoms with Crippen LogP contribution < -0.4 is 0 Å². The minimum Gasteiger partial charge on any atom is -0.508 e. The van der Waals surface area contributed by atoms with Crippen molar-refractivity contribution in [2.45, 2.75) is 85.0 Å². The van der Waals surface area contributed by atoms with Crippen molar-refractivity contribution in [3.63, 3.8) is 0 Å². The van der Waals surface area contributed by atoms with Gasteiger partial charge in [-0.1, -0.05) is 31.6 Å². The Morgan fingerprint density at radius 2 is 1.97 bits per heavy atom. The van der Waals surface area contributed by atoms with E-state index in [0.717, 1.165) is 37.0 Å². The molecule has 1 heterocycles. The van der Waals surface area contributed by atoms with Crippen LogP contribution in [0.15, 0.2) is 35.9 Å². The van der Waals surface area contributed by atoms with Crippen LogP contribution in [-0.4, -0.2) is 41.6 Å². The van der Waals surface area contributed by atoms with Crippen LogP contribution >= 0.6 is 0 Å². The Bertz CT molecular complexity index is 808. The fraction of sp³-hybridized carbons (Fsp3) is 0.593. The molecule has 0 radical (unpaired) electrons. The van der Waals surface area contributed by atoms with E-state index in [4.69, 9.17) is 14.2 Å². The molecule has 0 bridgehead atoms. The number of hydrogen-bond acceptors (Lipinski definition) is 5. The lowest BCUT2D eigenvalue weighted by molar-refractivity contribution is -0.152. The van der Waals surface area contributed by atoms with Crippen LogP contribution in [0.2, 0.25) is 0 Å². The second-order valence-electron chi connectivity index (χ2n) is 9.37. The van der Waals surface area contributed by atoms with Gasteiger partial charge in [-0.15, -0.1) is 0 Å². The monoisotopic (exact) mass is 444 g/mol. The molecule has 2 aliphatic rings. The van der Waals surface area contributed by atoms with E-state index in [1.165, 1.54) is 11.6 Å². The molecule has 0 aromatic heterocycles. The number of phenolic OH excluding ortho intramolecular Hbond substituents is 1. The smallest absolute Gasteiger partial charge is 0.331 e. The third-order valence-corrected chi connectivity index (χ3v) is 6.10. The zero-order valence-corrected chi connectivity index (χ0v) is 20.7. The van der Waals surface area contributed by atoms with Crippen LogP contribution in [0.1, 0.15) is 71.9 Å². The predicted molar refractivity (Wildman–Crippen MR) is 129 cm³/mol. The molecule has 1 saturated carbocycles. The summed E-state index contributed by atoms with van der Waals surface area (Å²) in [6, 6.07) is 5.20. The number of carbonyl (C=O) groups excluding carboxylic acids is 1. The first-order valence-electron chi connectivity index (χ1n) is 11.7. The van der Waals surface area contributed by atoms with Crippen molar-refractivity contribution in [2.75, 3.05) is 13.2 Å². The van der Waals surface area contributed by atoms with Crippen molar-refractivity contribution < 1.29 is 24.1 Å². The number of allylic oxidation sites excluding steroid dienone is 1. The molecule has 1 spiro atoms. The molecule has 2 fully saturated rings. The molecule has 3 atom stereocenters. The van der Waals surface area contributed by atoms with E-state index in [0.29, 0.717) is 6.61 Å². The van der Waals surface area contributed by atoms with Crippen molar-refractivity contribution in [3.05, 3.63) is 47.1 Å². The number of hydrogen-bond donors (Lipinski definition) is 1. The van der Waals surface area contributed by atoms with Crippen LogP contribution in [0.3, 0.4) is 0 Å². The molecular weight excluding hydrogens is 404 g/mol. The summed E-state index contributed by atoms with van der Waals surface area (Å²) in [7, 11) is 0. The molecule has 5 heteroatoms. The molecular formula is C27H40O5. The van der Waals surface area contributed by atoms with Crippen LogP contribution in [0.25, 0.3) is 6.08 Å². The summed E-state index contributed by atoms with van der Waals surface area (Å²) in [5.74, 6) is -0.0151. The average molecular weight is 445 g/mol. The highest BCUT2D eigenvalue weighted by atomic mass is 16.6. The van der Waals surface area contributed by atoms with E-state index in [-0.39, 0.29) is 34.9 Å². The maximum Gasteiger partial charge on any atom is 0.331 e. The van der Waals surface area contributed by atoms with E-state index in [1.54, 1.807) is 18.2 Å². The summed E-state index contributed by atoms with van der Waals surface area (Å²) in [6.45, 7) is 15.5. The summed E-state index contributed by atoms with van der Waals surface area (Å²) in [6.07, 6.45) is 7.43. The number of aryl methyl sites for hydroxylation is 1. The molecule has 32 heavy (non-hydrogen) atoms. The zero-order chi connectivity index (χ0) is 23.9. The molecule has 178 valence electrons. The number of carbonyl (C=O) groups is 1. The van der Waals surface area contributed by atoms with Gasteiger partial charge in [-0.3, -0.25) is 0 Å². The van der Waals surface area contributed by atoms with E-state index < -0.39 is 0 Å². The number of aromatic hydroxyl groups is 1. The third kappa shape index (κ3) is 7.21. The minimum absolute atomic E-state index is 0.133. The van der Waals surface area contributed by atoms with Crippen LogP contribution in [0.5, 0.6) is 5.75 Å². The number of rotatable bonds is 7. The van der Waals surface area contributed by atoms with E-state index in [9.17, 15) is 9.90 Å². The highest BCUT2D eigenvalue weighted by Gasteiger charge is 2.59. The van der Waals surface area contributed by atoms with E-state index in [1.807, 2.05) is 26.8 Å². The Morgan fingerprint density at radius 3 is 2.56 bits per heavy atom. The molecule has 1 N–H and O–H groups in total. The Balaban J connectivity index is 0.00000176. The fourth-order valence-corrected chi connectivity index (χ4v) is 4.42. The van der Waals surface area contributed by atoms with Crippen molar-refractivity contribution in [2.24, 2.45) is 5.92 Å². The fourth-order valence-electron chi connectivity index (χ4n) is 4.42. The molecule has 1 aromatic carbocycles. The van der Waals surface area contributed by atoms with Gasteiger partial charge in [-0.2, -0.15) is 0 Å².